The van der Waals surface area contributed by atoms with Gasteiger partial charge in [0.15, 0.2) is 24.1 Å². The number of amides is 2. The molecule has 2 aromatic carbocycles. The number of quaternary nitrogens is 1. The van der Waals surface area contributed by atoms with Crippen LogP contribution < -0.4 is 19.3 Å². The lowest BCUT2D eigenvalue weighted by Crippen LogP contribution is -3.19. The molecule has 0 bridgehead atoms. The SMILES string of the molecule is COc1cc2c(cc1OC)C[NH+]1CC(=O)N(c3ccc(F)cc3)C(=O)[C@H]1C2. The summed E-state index contributed by atoms with van der Waals surface area (Å²) in [7, 11) is 3.16. The van der Waals surface area contributed by atoms with Crippen molar-refractivity contribution < 1.29 is 28.4 Å². The zero-order chi connectivity index (χ0) is 19.1. The summed E-state index contributed by atoms with van der Waals surface area (Å²) >= 11 is 0. The van der Waals surface area contributed by atoms with Crippen LogP contribution in [0.4, 0.5) is 10.1 Å². The number of piperazine rings is 1. The van der Waals surface area contributed by atoms with Crippen LogP contribution >= 0.6 is 0 Å². The Labute approximate surface area is 156 Å². The molecule has 4 rings (SSSR count). The molecule has 0 aromatic heterocycles. The van der Waals surface area contributed by atoms with Gasteiger partial charge < -0.3 is 14.4 Å². The minimum Gasteiger partial charge on any atom is -0.493 e. The standard InChI is InChI=1S/C20H19FN2O4/c1-26-17-8-12-7-16-20(25)23(15-5-3-14(21)4-6-15)19(24)11-22(16)10-13(12)9-18(17)27-2/h3-6,8-9,16H,7,10-11H2,1-2H3/p+1/t16-/m1/s1. The first-order chi connectivity index (χ1) is 13.0. The molecule has 27 heavy (non-hydrogen) atoms. The monoisotopic (exact) mass is 371 g/mol. The highest BCUT2D eigenvalue weighted by molar-refractivity contribution is 6.17. The number of anilines is 1. The van der Waals surface area contributed by atoms with Crippen molar-refractivity contribution >= 4 is 17.5 Å². The average Bonchev–Trinajstić information content (AvgIpc) is 2.67. The molecule has 7 heteroatoms. The summed E-state index contributed by atoms with van der Waals surface area (Å²) in [6.07, 6.45) is 0.509. The molecule has 1 saturated heterocycles. The number of rotatable bonds is 3. The van der Waals surface area contributed by atoms with E-state index in [4.69, 9.17) is 9.47 Å². The molecule has 0 radical (unpaired) electrons. The van der Waals surface area contributed by atoms with Gasteiger partial charge in [-0.2, -0.15) is 0 Å². The Morgan fingerprint density at radius 1 is 1.00 bits per heavy atom. The second-order valence-electron chi connectivity index (χ2n) is 6.79. The van der Waals surface area contributed by atoms with Crippen molar-refractivity contribution in [1.82, 2.24) is 0 Å². The summed E-state index contributed by atoms with van der Waals surface area (Å²) in [5.74, 6) is 0.316. The molecule has 1 fully saturated rings. The third-order valence-electron chi connectivity index (χ3n) is 5.27. The lowest BCUT2D eigenvalue weighted by Gasteiger charge is -2.39. The van der Waals surface area contributed by atoms with Gasteiger partial charge in [0.25, 0.3) is 11.8 Å². The number of halogens is 1. The quantitative estimate of drug-likeness (QED) is 0.808. The number of nitrogens with zero attached hydrogens (tertiary/aromatic N) is 1. The molecule has 2 aromatic rings. The predicted octanol–water partition coefficient (Wildman–Crippen LogP) is 0.726. The van der Waals surface area contributed by atoms with Crippen LogP contribution in [-0.2, 0) is 22.6 Å². The molecule has 1 N–H and O–H groups in total. The first-order valence-corrected chi connectivity index (χ1v) is 8.72. The van der Waals surface area contributed by atoms with Crippen LogP contribution in [0.2, 0.25) is 0 Å². The molecule has 2 heterocycles. The van der Waals surface area contributed by atoms with Crippen LogP contribution in [0.1, 0.15) is 11.1 Å². The second-order valence-corrected chi connectivity index (χ2v) is 6.79. The number of carbonyl (C=O) groups is 2. The maximum absolute atomic E-state index is 13.2. The number of nitrogens with one attached hydrogen (secondary N) is 1. The van der Waals surface area contributed by atoms with E-state index in [0.717, 1.165) is 16.0 Å². The Bertz CT molecular complexity index is 913. The Morgan fingerprint density at radius 2 is 1.63 bits per heavy atom. The molecule has 140 valence electrons. The number of benzene rings is 2. The molecule has 0 aliphatic carbocycles. The number of ether oxygens (including phenoxy) is 2. The van der Waals surface area contributed by atoms with Gasteiger partial charge in [0.2, 0.25) is 0 Å². The van der Waals surface area contributed by atoms with Gasteiger partial charge in [0.05, 0.1) is 19.9 Å². The third-order valence-corrected chi connectivity index (χ3v) is 5.27. The molecule has 0 saturated carbocycles. The van der Waals surface area contributed by atoms with Gasteiger partial charge in [-0.25, -0.2) is 9.29 Å². The lowest BCUT2D eigenvalue weighted by molar-refractivity contribution is -0.925. The fraction of sp³-hybridized carbons (Fsp3) is 0.300. The average molecular weight is 371 g/mol. The topological polar surface area (TPSA) is 60.3 Å². The molecule has 2 amide bonds. The zero-order valence-electron chi connectivity index (χ0n) is 15.1. The lowest BCUT2D eigenvalue weighted by atomic mass is 9.91. The Morgan fingerprint density at radius 3 is 2.26 bits per heavy atom. The van der Waals surface area contributed by atoms with Crippen molar-refractivity contribution in [2.24, 2.45) is 0 Å². The van der Waals surface area contributed by atoms with Crippen molar-refractivity contribution in [3.05, 3.63) is 53.3 Å². The van der Waals surface area contributed by atoms with Gasteiger partial charge in [0, 0.05) is 12.0 Å². The van der Waals surface area contributed by atoms with Crippen LogP contribution in [0.5, 0.6) is 11.5 Å². The van der Waals surface area contributed by atoms with Crippen LogP contribution in [0.25, 0.3) is 0 Å². The molecule has 6 nitrogen and oxygen atoms in total. The van der Waals surface area contributed by atoms with Gasteiger partial charge in [-0.1, -0.05) is 0 Å². The Kier molecular flexibility index (Phi) is 4.31. The van der Waals surface area contributed by atoms with E-state index in [1.165, 1.54) is 29.2 Å². The summed E-state index contributed by atoms with van der Waals surface area (Å²) < 4.78 is 23.9. The van der Waals surface area contributed by atoms with Crippen LogP contribution in [-0.4, -0.2) is 38.6 Å². The van der Waals surface area contributed by atoms with Gasteiger partial charge in [-0.3, -0.25) is 9.59 Å². The highest BCUT2D eigenvalue weighted by atomic mass is 19.1. The van der Waals surface area contributed by atoms with Crippen molar-refractivity contribution in [2.75, 3.05) is 25.7 Å². The third kappa shape index (κ3) is 2.94. The van der Waals surface area contributed by atoms with E-state index < -0.39 is 5.82 Å². The van der Waals surface area contributed by atoms with Crippen molar-refractivity contribution in [3.63, 3.8) is 0 Å². The molecular formula is C20H20FN2O4+. The molecule has 2 aliphatic rings. The first-order valence-electron chi connectivity index (χ1n) is 8.72. The number of hydrogen-bond acceptors (Lipinski definition) is 4. The van der Waals surface area contributed by atoms with Gasteiger partial charge in [0.1, 0.15) is 12.4 Å². The maximum Gasteiger partial charge on any atom is 0.292 e. The van der Waals surface area contributed by atoms with Gasteiger partial charge >= 0.3 is 0 Å². The number of methoxy groups -OCH3 is 2. The molecular weight excluding hydrogens is 351 g/mol. The number of hydrogen-bond donors (Lipinski definition) is 1. The van der Waals surface area contributed by atoms with E-state index in [1.807, 2.05) is 12.1 Å². The van der Waals surface area contributed by atoms with Gasteiger partial charge in [-0.15, -0.1) is 0 Å². The summed E-state index contributed by atoms with van der Waals surface area (Å²) in [6, 6.07) is 8.88. The molecule has 1 unspecified atom stereocenters. The van der Waals surface area contributed by atoms with E-state index in [1.54, 1.807) is 14.2 Å². The fourth-order valence-electron chi connectivity index (χ4n) is 3.91. The minimum absolute atomic E-state index is 0.210. The predicted molar refractivity (Wildman–Crippen MR) is 95.5 cm³/mol. The zero-order valence-corrected chi connectivity index (χ0v) is 15.1. The largest absolute Gasteiger partial charge is 0.493 e. The summed E-state index contributed by atoms with van der Waals surface area (Å²) in [5, 5.41) is 0. The number of imide groups is 1. The fourth-order valence-corrected chi connectivity index (χ4v) is 3.91. The second kappa shape index (κ2) is 6.66. The van der Waals surface area contributed by atoms with Crippen LogP contribution in [0.15, 0.2) is 36.4 Å². The van der Waals surface area contributed by atoms with Gasteiger partial charge in [-0.05, 0) is 42.0 Å². The summed E-state index contributed by atoms with van der Waals surface area (Å²) in [5.41, 5.74) is 2.47. The smallest absolute Gasteiger partial charge is 0.292 e. The van der Waals surface area contributed by atoms with Crippen LogP contribution in [0.3, 0.4) is 0 Å². The molecule has 2 atom stereocenters. The van der Waals surface area contributed by atoms with Crippen molar-refractivity contribution in [2.45, 2.75) is 19.0 Å². The normalized spacial score (nSPS) is 21.5. The van der Waals surface area contributed by atoms with E-state index in [9.17, 15) is 14.0 Å². The Hall–Kier alpha value is -2.93. The number of carbonyl (C=O) groups excluding carboxylic acids is 2. The minimum atomic E-state index is -0.407. The highest BCUT2D eigenvalue weighted by Crippen LogP contribution is 2.32. The highest BCUT2D eigenvalue weighted by Gasteiger charge is 2.46. The number of fused-ring (bicyclic) bond motifs is 2. The van der Waals surface area contributed by atoms with Crippen LogP contribution in [0, 0.1) is 5.82 Å². The summed E-state index contributed by atoms with van der Waals surface area (Å²) in [4.78, 5) is 27.8. The van der Waals surface area contributed by atoms with Crippen molar-refractivity contribution in [1.29, 1.82) is 0 Å². The van der Waals surface area contributed by atoms with E-state index in [0.29, 0.717) is 30.2 Å². The van der Waals surface area contributed by atoms with E-state index in [2.05, 4.69) is 0 Å². The Balaban J connectivity index is 1.67. The van der Waals surface area contributed by atoms with Crippen molar-refractivity contribution in [3.8, 4) is 11.5 Å². The van der Waals surface area contributed by atoms with E-state index >= 15 is 0 Å². The maximum atomic E-state index is 13.2. The van der Waals surface area contributed by atoms with E-state index in [-0.39, 0.29) is 24.4 Å². The molecule has 0 spiro atoms. The first kappa shape index (κ1) is 17.5. The summed E-state index contributed by atoms with van der Waals surface area (Å²) in [6.45, 7) is 0.774. The molecule has 2 aliphatic heterocycles.